The monoisotopic (exact) mass is 306 g/mol. The van der Waals surface area contributed by atoms with Gasteiger partial charge in [0.25, 0.3) is 5.91 Å². The van der Waals surface area contributed by atoms with Crippen LogP contribution >= 0.6 is 11.3 Å². The number of thiazole rings is 1. The number of carbonyl (C=O) groups is 1. The van der Waals surface area contributed by atoms with Crippen LogP contribution in [0.3, 0.4) is 0 Å². The molecule has 2 N–H and O–H groups in total. The zero-order valence-electron chi connectivity index (χ0n) is 11.9. The molecule has 0 aliphatic heterocycles. The number of hydrogen-bond acceptors (Lipinski definition) is 5. The van der Waals surface area contributed by atoms with E-state index in [2.05, 4.69) is 10.3 Å². The summed E-state index contributed by atoms with van der Waals surface area (Å²) >= 11 is 1.43. The van der Waals surface area contributed by atoms with Gasteiger partial charge >= 0.3 is 0 Å². The van der Waals surface area contributed by atoms with Gasteiger partial charge in [-0.3, -0.25) is 4.79 Å². The quantitative estimate of drug-likeness (QED) is 0.910. The van der Waals surface area contributed by atoms with Crippen molar-refractivity contribution in [3.05, 3.63) is 29.0 Å². The fraction of sp³-hybridized carbons (Fsp3) is 0.467. The average Bonchev–Trinajstić information content (AvgIpc) is 3.16. The molecular formula is C15H18N2O3S. The van der Waals surface area contributed by atoms with E-state index in [0.717, 1.165) is 30.6 Å². The fourth-order valence-electron chi connectivity index (χ4n) is 2.65. The molecule has 6 heteroatoms. The van der Waals surface area contributed by atoms with E-state index in [-0.39, 0.29) is 5.91 Å². The minimum absolute atomic E-state index is 0.234. The van der Waals surface area contributed by atoms with Crippen molar-refractivity contribution in [2.75, 3.05) is 6.54 Å². The maximum Gasteiger partial charge on any atom is 0.271 e. The Bertz CT molecular complexity index is 627. The van der Waals surface area contributed by atoms with Crippen LogP contribution in [0.5, 0.6) is 0 Å². The number of carbonyl (C=O) groups excluding carboxylic acids is 1. The van der Waals surface area contributed by atoms with Crippen LogP contribution in [0.2, 0.25) is 0 Å². The summed E-state index contributed by atoms with van der Waals surface area (Å²) in [6.45, 7) is 2.15. The van der Waals surface area contributed by atoms with Crippen molar-refractivity contribution in [3.63, 3.8) is 0 Å². The zero-order chi connectivity index (χ0) is 14.9. The van der Waals surface area contributed by atoms with Crippen LogP contribution < -0.4 is 5.32 Å². The molecule has 112 valence electrons. The van der Waals surface area contributed by atoms with Crippen LogP contribution in [0.25, 0.3) is 10.8 Å². The Labute approximate surface area is 127 Å². The first kappa shape index (κ1) is 14.3. The Balaban J connectivity index is 1.70. The van der Waals surface area contributed by atoms with Gasteiger partial charge in [-0.1, -0.05) is 12.8 Å². The Morgan fingerprint density at radius 3 is 2.95 bits per heavy atom. The lowest BCUT2D eigenvalue weighted by Gasteiger charge is -2.22. The molecule has 1 aliphatic rings. The number of nitrogens with zero attached hydrogens (tertiary/aromatic N) is 1. The summed E-state index contributed by atoms with van der Waals surface area (Å²) in [6, 6.07) is 3.61. The highest BCUT2D eigenvalue weighted by atomic mass is 32.1. The molecule has 0 aromatic carbocycles. The molecule has 2 aromatic heterocycles. The predicted molar refractivity (Wildman–Crippen MR) is 80.3 cm³/mol. The number of aliphatic hydroxyl groups is 1. The van der Waals surface area contributed by atoms with Gasteiger partial charge in [-0.2, -0.15) is 0 Å². The lowest BCUT2D eigenvalue weighted by Crippen LogP contribution is -2.41. The summed E-state index contributed by atoms with van der Waals surface area (Å²) in [6.07, 6.45) is 5.12. The highest BCUT2D eigenvalue weighted by Crippen LogP contribution is 2.30. The molecule has 0 atom stereocenters. The third-order valence-electron chi connectivity index (χ3n) is 3.86. The Morgan fingerprint density at radius 2 is 2.29 bits per heavy atom. The molecule has 0 spiro atoms. The summed E-state index contributed by atoms with van der Waals surface area (Å²) in [5.41, 5.74) is -0.336. The summed E-state index contributed by atoms with van der Waals surface area (Å²) in [4.78, 5) is 17.4. The number of aromatic nitrogens is 1. The van der Waals surface area contributed by atoms with Gasteiger partial charge in [0, 0.05) is 11.4 Å². The van der Waals surface area contributed by atoms with Crippen molar-refractivity contribution in [3.8, 4) is 10.8 Å². The SMILES string of the molecule is Cc1sc(-c2ccco2)nc1C(=O)NCC1(O)CCCC1. The van der Waals surface area contributed by atoms with Crippen LogP contribution in [0.1, 0.15) is 41.0 Å². The molecule has 21 heavy (non-hydrogen) atoms. The van der Waals surface area contributed by atoms with Crippen molar-refractivity contribution >= 4 is 17.2 Å². The molecule has 5 nitrogen and oxygen atoms in total. The van der Waals surface area contributed by atoms with Gasteiger partial charge in [-0.15, -0.1) is 11.3 Å². The smallest absolute Gasteiger partial charge is 0.271 e. The number of amides is 1. The minimum atomic E-state index is -0.747. The van der Waals surface area contributed by atoms with E-state index in [1.807, 2.05) is 13.0 Å². The molecule has 1 amide bonds. The van der Waals surface area contributed by atoms with E-state index < -0.39 is 5.60 Å². The average molecular weight is 306 g/mol. The second-order valence-electron chi connectivity index (χ2n) is 5.52. The van der Waals surface area contributed by atoms with Crippen LogP contribution in [0.4, 0.5) is 0 Å². The Hall–Kier alpha value is -1.66. The first-order valence-electron chi connectivity index (χ1n) is 7.09. The largest absolute Gasteiger partial charge is 0.462 e. The van der Waals surface area contributed by atoms with Crippen molar-refractivity contribution in [2.45, 2.75) is 38.2 Å². The number of aryl methyl sites for hydroxylation is 1. The van der Waals surface area contributed by atoms with Crippen LogP contribution in [-0.4, -0.2) is 28.1 Å². The van der Waals surface area contributed by atoms with Gasteiger partial charge in [-0.05, 0) is 31.9 Å². The predicted octanol–water partition coefficient (Wildman–Crippen LogP) is 2.75. The van der Waals surface area contributed by atoms with Gasteiger partial charge < -0.3 is 14.8 Å². The third-order valence-corrected chi connectivity index (χ3v) is 4.84. The number of rotatable bonds is 4. The van der Waals surface area contributed by atoms with Crippen molar-refractivity contribution in [2.24, 2.45) is 0 Å². The van der Waals surface area contributed by atoms with Crippen molar-refractivity contribution in [1.82, 2.24) is 10.3 Å². The standard InChI is InChI=1S/C15H18N2O3S/c1-10-12(17-14(21-10)11-5-4-8-20-11)13(18)16-9-15(19)6-2-3-7-15/h4-5,8,19H,2-3,6-7,9H2,1H3,(H,16,18). The minimum Gasteiger partial charge on any atom is -0.462 e. The summed E-state index contributed by atoms with van der Waals surface area (Å²) in [5, 5.41) is 13.8. The highest BCUT2D eigenvalue weighted by molar-refractivity contribution is 7.15. The lowest BCUT2D eigenvalue weighted by atomic mass is 10.0. The van der Waals surface area contributed by atoms with E-state index in [1.165, 1.54) is 11.3 Å². The maximum atomic E-state index is 12.2. The lowest BCUT2D eigenvalue weighted by molar-refractivity contribution is 0.0448. The van der Waals surface area contributed by atoms with Crippen LogP contribution in [-0.2, 0) is 0 Å². The highest BCUT2D eigenvalue weighted by Gasteiger charge is 2.31. The molecule has 0 saturated heterocycles. The summed E-state index contributed by atoms with van der Waals surface area (Å²) in [7, 11) is 0. The fourth-order valence-corrected chi connectivity index (χ4v) is 3.53. The number of nitrogens with one attached hydrogen (secondary N) is 1. The molecule has 2 aromatic rings. The summed E-state index contributed by atoms with van der Waals surface area (Å²) in [5.74, 6) is 0.429. The zero-order valence-corrected chi connectivity index (χ0v) is 12.7. The number of hydrogen-bond donors (Lipinski definition) is 2. The van der Waals surface area contributed by atoms with Crippen molar-refractivity contribution in [1.29, 1.82) is 0 Å². The van der Waals surface area contributed by atoms with Gasteiger partial charge in [0.1, 0.15) is 5.69 Å². The van der Waals surface area contributed by atoms with Gasteiger partial charge in [0.05, 0.1) is 11.9 Å². The molecule has 1 aliphatic carbocycles. The molecule has 1 saturated carbocycles. The van der Waals surface area contributed by atoms with E-state index in [4.69, 9.17) is 4.42 Å². The van der Waals surface area contributed by atoms with Gasteiger partial charge in [-0.25, -0.2) is 4.98 Å². The topological polar surface area (TPSA) is 75.4 Å². The maximum absolute atomic E-state index is 12.2. The normalized spacial score (nSPS) is 17.0. The first-order chi connectivity index (χ1) is 10.1. The number of furan rings is 1. The first-order valence-corrected chi connectivity index (χ1v) is 7.91. The third kappa shape index (κ3) is 3.01. The van der Waals surface area contributed by atoms with Gasteiger partial charge in [0.15, 0.2) is 10.8 Å². The van der Waals surface area contributed by atoms with E-state index >= 15 is 0 Å². The molecule has 1 fully saturated rings. The van der Waals surface area contributed by atoms with Crippen molar-refractivity contribution < 1.29 is 14.3 Å². The Kier molecular flexibility index (Phi) is 3.82. The second kappa shape index (κ2) is 5.61. The molecule has 3 rings (SSSR count). The molecule has 0 bridgehead atoms. The van der Waals surface area contributed by atoms with E-state index in [1.54, 1.807) is 12.3 Å². The van der Waals surface area contributed by atoms with Crippen LogP contribution in [0.15, 0.2) is 22.8 Å². The Morgan fingerprint density at radius 1 is 1.52 bits per heavy atom. The molecule has 0 unspecified atom stereocenters. The van der Waals surface area contributed by atoms with Gasteiger partial charge in [0.2, 0.25) is 0 Å². The second-order valence-corrected chi connectivity index (χ2v) is 6.72. The van der Waals surface area contributed by atoms with E-state index in [0.29, 0.717) is 23.0 Å². The molecular weight excluding hydrogens is 288 g/mol. The molecule has 2 heterocycles. The summed E-state index contributed by atoms with van der Waals surface area (Å²) < 4.78 is 5.30. The van der Waals surface area contributed by atoms with Crippen LogP contribution in [0, 0.1) is 6.92 Å². The molecule has 0 radical (unpaired) electrons. The van der Waals surface area contributed by atoms with E-state index in [9.17, 15) is 9.90 Å².